The maximum Gasteiger partial charge on any atom is 0.228 e. The summed E-state index contributed by atoms with van der Waals surface area (Å²) in [6.45, 7) is 5.78. The largest absolute Gasteiger partial charge is 0.392 e. The van der Waals surface area contributed by atoms with Gasteiger partial charge in [0, 0.05) is 16.9 Å². The van der Waals surface area contributed by atoms with Crippen molar-refractivity contribution in [2.75, 3.05) is 5.32 Å². The van der Waals surface area contributed by atoms with E-state index < -0.39 is 0 Å². The second-order valence-corrected chi connectivity index (χ2v) is 6.43. The Labute approximate surface area is 153 Å². The van der Waals surface area contributed by atoms with Gasteiger partial charge in [0.2, 0.25) is 5.91 Å². The van der Waals surface area contributed by atoms with Gasteiger partial charge in [-0.15, -0.1) is 0 Å². The van der Waals surface area contributed by atoms with Crippen molar-refractivity contribution < 1.29 is 9.90 Å². The van der Waals surface area contributed by atoms with Crippen molar-refractivity contribution in [3.05, 3.63) is 76.6 Å². The molecule has 0 spiro atoms. The summed E-state index contributed by atoms with van der Waals surface area (Å²) >= 11 is 0. The van der Waals surface area contributed by atoms with Crippen LogP contribution >= 0.6 is 0 Å². The van der Waals surface area contributed by atoms with Gasteiger partial charge in [0.05, 0.1) is 24.4 Å². The highest BCUT2D eigenvalue weighted by Gasteiger charge is 2.16. The fourth-order valence-corrected chi connectivity index (χ4v) is 3.01. The molecule has 2 N–H and O–H groups in total. The molecule has 0 saturated carbocycles. The van der Waals surface area contributed by atoms with Gasteiger partial charge in [0.1, 0.15) is 0 Å². The topological polar surface area (TPSA) is 67.2 Å². The Hall–Kier alpha value is -2.92. The number of aliphatic hydroxyl groups is 1. The molecular weight excluding hydrogens is 326 g/mol. The van der Waals surface area contributed by atoms with Crippen molar-refractivity contribution in [3.63, 3.8) is 0 Å². The number of nitrogens with zero attached hydrogens (tertiary/aromatic N) is 2. The summed E-state index contributed by atoms with van der Waals surface area (Å²) in [5.74, 6) is -0.0954. The van der Waals surface area contributed by atoms with Gasteiger partial charge < -0.3 is 10.4 Å². The molecule has 0 unspecified atom stereocenters. The minimum atomic E-state index is -0.0954. The summed E-state index contributed by atoms with van der Waals surface area (Å²) in [6.07, 6.45) is 0.257. The number of nitrogens with one attached hydrogen (secondary N) is 1. The highest BCUT2D eigenvalue weighted by atomic mass is 16.3. The van der Waals surface area contributed by atoms with Gasteiger partial charge in [0.25, 0.3) is 0 Å². The number of anilines is 1. The molecule has 5 nitrogen and oxygen atoms in total. The first-order chi connectivity index (χ1) is 12.5. The number of aromatic nitrogens is 2. The molecule has 26 heavy (non-hydrogen) atoms. The van der Waals surface area contributed by atoms with Gasteiger partial charge in [0.15, 0.2) is 0 Å². The normalized spacial score (nSPS) is 10.8. The van der Waals surface area contributed by atoms with Crippen LogP contribution in [-0.2, 0) is 17.8 Å². The summed E-state index contributed by atoms with van der Waals surface area (Å²) in [4.78, 5) is 12.6. The van der Waals surface area contributed by atoms with E-state index in [0.717, 1.165) is 39.5 Å². The third-order valence-electron chi connectivity index (χ3n) is 4.54. The number of aryl methyl sites for hydroxylation is 2. The Balaban J connectivity index is 1.81. The fraction of sp³-hybridized carbons (Fsp3) is 0.238. The van der Waals surface area contributed by atoms with E-state index in [-0.39, 0.29) is 18.9 Å². The molecule has 0 radical (unpaired) electrons. The molecular formula is C21H23N3O2. The van der Waals surface area contributed by atoms with Crippen LogP contribution in [0.5, 0.6) is 0 Å². The maximum absolute atomic E-state index is 12.6. The van der Waals surface area contributed by atoms with Gasteiger partial charge in [-0.05, 0) is 50.1 Å². The Morgan fingerprint density at radius 1 is 1.12 bits per heavy atom. The SMILES string of the molecule is Cc1ccc(CO)cc1NC(=O)Cc1c(C)nn(-c2ccccc2)c1C. The number of aliphatic hydroxyl groups excluding tert-OH is 1. The molecule has 1 amide bonds. The first-order valence-electron chi connectivity index (χ1n) is 8.60. The zero-order chi connectivity index (χ0) is 18.7. The van der Waals surface area contributed by atoms with Crippen LogP contribution in [0.15, 0.2) is 48.5 Å². The second kappa shape index (κ2) is 7.54. The number of amides is 1. The Morgan fingerprint density at radius 2 is 1.85 bits per heavy atom. The first kappa shape index (κ1) is 17.9. The summed E-state index contributed by atoms with van der Waals surface area (Å²) in [6, 6.07) is 15.4. The van der Waals surface area contributed by atoms with Crippen LogP contribution in [-0.4, -0.2) is 20.8 Å². The van der Waals surface area contributed by atoms with Crippen LogP contribution < -0.4 is 5.32 Å². The molecule has 1 aromatic heterocycles. The fourth-order valence-electron chi connectivity index (χ4n) is 3.01. The molecule has 0 aliphatic heterocycles. The van der Waals surface area contributed by atoms with Gasteiger partial charge in [-0.3, -0.25) is 4.79 Å². The lowest BCUT2D eigenvalue weighted by molar-refractivity contribution is -0.115. The van der Waals surface area contributed by atoms with E-state index in [1.165, 1.54) is 0 Å². The van der Waals surface area contributed by atoms with Crippen LogP contribution in [0.25, 0.3) is 5.69 Å². The van der Waals surface area contributed by atoms with Crippen LogP contribution in [0.1, 0.15) is 28.1 Å². The van der Waals surface area contributed by atoms with Gasteiger partial charge in [-0.1, -0.05) is 30.3 Å². The molecule has 0 atom stereocenters. The maximum atomic E-state index is 12.6. The summed E-state index contributed by atoms with van der Waals surface area (Å²) in [5, 5.41) is 16.8. The average molecular weight is 349 g/mol. The predicted octanol–water partition coefficient (Wildman–Crippen LogP) is 3.47. The lowest BCUT2D eigenvalue weighted by Crippen LogP contribution is -2.16. The van der Waals surface area contributed by atoms with Crippen LogP contribution in [0.4, 0.5) is 5.69 Å². The Morgan fingerprint density at radius 3 is 2.54 bits per heavy atom. The van der Waals surface area contributed by atoms with E-state index in [1.807, 2.05) is 67.9 Å². The zero-order valence-corrected chi connectivity index (χ0v) is 15.3. The number of carbonyl (C=O) groups is 1. The summed E-state index contributed by atoms with van der Waals surface area (Å²) in [7, 11) is 0. The number of rotatable bonds is 5. The number of carbonyl (C=O) groups excluding carboxylic acids is 1. The van der Waals surface area contributed by atoms with Gasteiger partial charge >= 0.3 is 0 Å². The van der Waals surface area contributed by atoms with E-state index in [0.29, 0.717) is 0 Å². The van der Waals surface area contributed by atoms with Crippen molar-refractivity contribution in [1.29, 1.82) is 0 Å². The average Bonchev–Trinajstić information content (AvgIpc) is 2.92. The van der Waals surface area contributed by atoms with E-state index in [9.17, 15) is 9.90 Å². The van der Waals surface area contributed by atoms with E-state index >= 15 is 0 Å². The summed E-state index contributed by atoms with van der Waals surface area (Å²) < 4.78 is 1.87. The number of benzene rings is 2. The molecule has 0 aliphatic carbocycles. The molecule has 0 fully saturated rings. The van der Waals surface area contributed by atoms with Crippen LogP contribution in [0.2, 0.25) is 0 Å². The van der Waals surface area contributed by atoms with Crippen molar-refractivity contribution in [3.8, 4) is 5.69 Å². The first-order valence-corrected chi connectivity index (χ1v) is 8.60. The van der Waals surface area contributed by atoms with Crippen molar-refractivity contribution in [2.24, 2.45) is 0 Å². The molecule has 3 aromatic rings. The molecule has 0 saturated heterocycles. The lowest BCUT2D eigenvalue weighted by atomic mass is 10.1. The second-order valence-electron chi connectivity index (χ2n) is 6.43. The molecule has 2 aromatic carbocycles. The molecule has 5 heteroatoms. The molecule has 134 valence electrons. The highest BCUT2D eigenvalue weighted by molar-refractivity contribution is 5.93. The molecule has 0 bridgehead atoms. The predicted molar refractivity (Wildman–Crippen MR) is 102 cm³/mol. The minimum Gasteiger partial charge on any atom is -0.392 e. The van der Waals surface area contributed by atoms with Gasteiger partial charge in [-0.2, -0.15) is 5.10 Å². The van der Waals surface area contributed by atoms with Crippen LogP contribution in [0.3, 0.4) is 0 Å². The van der Waals surface area contributed by atoms with E-state index in [2.05, 4.69) is 10.4 Å². The monoisotopic (exact) mass is 349 g/mol. The zero-order valence-electron chi connectivity index (χ0n) is 15.3. The molecule has 0 aliphatic rings. The van der Waals surface area contributed by atoms with Crippen molar-refractivity contribution in [2.45, 2.75) is 33.8 Å². The van der Waals surface area contributed by atoms with Crippen molar-refractivity contribution >= 4 is 11.6 Å². The molecule has 1 heterocycles. The number of para-hydroxylation sites is 1. The van der Waals surface area contributed by atoms with Crippen LogP contribution in [0, 0.1) is 20.8 Å². The van der Waals surface area contributed by atoms with Gasteiger partial charge in [-0.25, -0.2) is 4.68 Å². The third kappa shape index (κ3) is 3.68. The van der Waals surface area contributed by atoms with Crippen molar-refractivity contribution in [1.82, 2.24) is 9.78 Å². The number of hydrogen-bond donors (Lipinski definition) is 2. The standard InChI is InChI=1S/C21H23N3O2/c1-14-9-10-17(13-25)11-20(14)22-21(26)12-19-15(2)23-24(16(19)3)18-7-5-4-6-8-18/h4-11,25H,12-13H2,1-3H3,(H,22,26). The van der Waals surface area contributed by atoms with E-state index in [1.54, 1.807) is 6.07 Å². The summed E-state index contributed by atoms with van der Waals surface area (Å²) in [5.41, 5.74) is 6.19. The third-order valence-corrected chi connectivity index (χ3v) is 4.54. The lowest BCUT2D eigenvalue weighted by Gasteiger charge is -2.10. The van der Waals surface area contributed by atoms with E-state index in [4.69, 9.17) is 0 Å². The molecule has 3 rings (SSSR count). The highest BCUT2D eigenvalue weighted by Crippen LogP contribution is 2.21. The quantitative estimate of drug-likeness (QED) is 0.741. The Kier molecular flexibility index (Phi) is 5.19. The number of hydrogen-bond acceptors (Lipinski definition) is 3. The Bertz CT molecular complexity index is 930. The minimum absolute atomic E-state index is 0.0504. The smallest absolute Gasteiger partial charge is 0.228 e.